The number of amides is 2. The average Bonchev–Trinajstić information content (AvgIpc) is 2.94. The molecule has 0 aromatic carbocycles. The molecule has 1 aliphatic heterocycles. The van der Waals surface area contributed by atoms with Crippen LogP contribution in [0.4, 0.5) is 5.69 Å². The Morgan fingerprint density at radius 2 is 2.12 bits per heavy atom. The first-order valence-corrected chi connectivity index (χ1v) is 7.79. The highest BCUT2D eigenvalue weighted by Crippen LogP contribution is 2.16. The van der Waals surface area contributed by atoms with E-state index in [2.05, 4.69) is 15.4 Å². The molecular formula is C15H26IN7O2. The van der Waals surface area contributed by atoms with E-state index >= 15 is 0 Å². The van der Waals surface area contributed by atoms with Gasteiger partial charge in [-0.1, -0.05) is 0 Å². The van der Waals surface area contributed by atoms with Crippen molar-refractivity contribution in [3.63, 3.8) is 0 Å². The van der Waals surface area contributed by atoms with E-state index in [0.29, 0.717) is 25.6 Å². The summed E-state index contributed by atoms with van der Waals surface area (Å²) in [6.45, 7) is 5.28. The van der Waals surface area contributed by atoms with E-state index in [9.17, 15) is 9.59 Å². The molecule has 2 heterocycles. The summed E-state index contributed by atoms with van der Waals surface area (Å²) in [5.74, 6) is 0.179. The minimum atomic E-state index is -0.697. The maximum Gasteiger partial charge on any atom is 0.246 e. The largest absolute Gasteiger partial charge is 0.369 e. The number of guanidine groups is 1. The molecule has 1 aliphatic rings. The Hall–Kier alpha value is -1.85. The SMILES string of the molecule is CN=C(NCC(C)(C)C(N)=O)N1CCN(c2cnn(C)c2)C(=O)C1.I. The Balaban J connectivity index is 0.00000312. The van der Waals surface area contributed by atoms with E-state index < -0.39 is 5.41 Å². The predicted octanol–water partition coefficient (Wildman–Crippen LogP) is -0.226. The van der Waals surface area contributed by atoms with E-state index in [1.807, 2.05) is 18.1 Å². The van der Waals surface area contributed by atoms with Crippen molar-refractivity contribution in [2.75, 3.05) is 38.1 Å². The van der Waals surface area contributed by atoms with Crippen LogP contribution in [0.2, 0.25) is 0 Å². The molecule has 25 heavy (non-hydrogen) atoms. The van der Waals surface area contributed by atoms with Gasteiger partial charge in [-0.3, -0.25) is 19.3 Å². The summed E-state index contributed by atoms with van der Waals surface area (Å²) in [7, 11) is 3.47. The summed E-state index contributed by atoms with van der Waals surface area (Å²) in [6.07, 6.45) is 3.49. The monoisotopic (exact) mass is 463 g/mol. The number of hydrogen-bond donors (Lipinski definition) is 2. The Morgan fingerprint density at radius 3 is 2.60 bits per heavy atom. The lowest BCUT2D eigenvalue weighted by Gasteiger charge is -2.36. The van der Waals surface area contributed by atoms with Gasteiger partial charge in [0.25, 0.3) is 0 Å². The molecule has 0 unspecified atom stereocenters. The zero-order valence-corrected chi connectivity index (χ0v) is 17.4. The lowest BCUT2D eigenvalue weighted by atomic mass is 9.93. The number of anilines is 1. The van der Waals surface area contributed by atoms with Gasteiger partial charge in [0.2, 0.25) is 11.8 Å². The zero-order chi connectivity index (χ0) is 17.9. The van der Waals surface area contributed by atoms with Gasteiger partial charge in [-0.15, -0.1) is 24.0 Å². The Kier molecular flexibility index (Phi) is 7.20. The molecule has 0 radical (unpaired) electrons. The molecule has 1 aromatic heterocycles. The van der Waals surface area contributed by atoms with Crippen LogP contribution in [0.25, 0.3) is 0 Å². The standard InChI is InChI=1S/C15H25N7O2.HI/c1-15(2,13(16)24)10-18-14(17-3)21-5-6-22(12(23)9-21)11-7-19-20(4)8-11;/h7-8H,5-6,9-10H2,1-4H3,(H2,16,24)(H,17,18);1H. The van der Waals surface area contributed by atoms with Crippen molar-refractivity contribution < 1.29 is 9.59 Å². The normalized spacial score (nSPS) is 15.8. The number of halogens is 1. The topological polar surface area (TPSA) is 109 Å². The highest BCUT2D eigenvalue weighted by Gasteiger charge is 2.30. The van der Waals surface area contributed by atoms with Gasteiger partial charge < -0.3 is 20.9 Å². The van der Waals surface area contributed by atoms with Gasteiger partial charge in [-0.25, -0.2) is 0 Å². The molecule has 3 N–H and O–H groups in total. The molecule has 0 spiro atoms. The molecule has 2 rings (SSSR count). The first kappa shape index (κ1) is 21.2. The number of aryl methyl sites for hydroxylation is 1. The highest BCUT2D eigenvalue weighted by atomic mass is 127. The van der Waals surface area contributed by atoms with Crippen molar-refractivity contribution in [2.45, 2.75) is 13.8 Å². The number of aromatic nitrogens is 2. The fourth-order valence-electron chi connectivity index (χ4n) is 2.39. The summed E-state index contributed by atoms with van der Waals surface area (Å²) in [4.78, 5) is 31.6. The second-order valence-electron chi connectivity index (χ2n) is 6.49. The number of primary amides is 1. The van der Waals surface area contributed by atoms with Crippen molar-refractivity contribution >= 4 is 47.4 Å². The minimum absolute atomic E-state index is 0. The molecule has 0 atom stereocenters. The third-order valence-corrected chi connectivity index (χ3v) is 4.09. The van der Waals surface area contributed by atoms with Crippen LogP contribution < -0.4 is 16.0 Å². The van der Waals surface area contributed by atoms with Crippen LogP contribution in [0.3, 0.4) is 0 Å². The lowest BCUT2D eigenvalue weighted by molar-refractivity contribution is -0.125. The van der Waals surface area contributed by atoms with Crippen molar-refractivity contribution in [2.24, 2.45) is 23.2 Å². The third kappa shape index (κ3) is 5.06. The van der Waals surface area contributed by atoms with Gasteiger partial charge in [0, 0.05) is 39.9 Å². The fraction of sp³-hybridized carbons (Fsp3) is 0.600. The van der Waals surface area contributed by atoms with Crippen LogP contribution in [-0.4, -0.2) is 65.7 Å². The van der Waals surface area contributed by atoms with Crippen molar-refractivity contribution in [3.8, 4) is 0 Å². The first-order chi connectivity index (χ1) is 11.2. The molecule has 10 heteroatoms. The van der Waals surface area contributed by atoms with Crippen LogP contribution in [0.1, 0.15) is 13.8 Å². The summed E-state index contributed by atoms with van der Waals surface area (Å²) in [5.41, 5.74) is 5.48. The molecular weight excluding hydrogens is 437 g/mol. The molecule has 2 amide bonds. The van der Waals surface area contributed by atoms with Crippen LogP contribution in [-0.2, 0) is 16.6 Å². The van der Waals surface area contributed by atoms with Crippen LogP contribution >= 0.6 is 24.0 Å². The fourth-order valence-corrected chi connectivity index (χ4v) is 2.39. The predicted molar refractivity (Wildman–Crippen MR) is 107 cm³/mol. The number of nitrogens with zero attached hydrogens (tertiary/aromatic N) is 5. The smallest absolute Gasteiger partial charge is 0.246 e. The number of aliphatic imine (C=N–C) groups is 1. The maximum atomic E-state index is 12.4. The molecule has 9 nitrogen and oxygen atoms in total. The third-order valence-electron chi connectivity index (χ3n) is 4.09. The van der Waals surface area contributed by atoms with E-state index in [4.69, 9.17) is 5.73 Å². The Labute approximate surface area is 164 Å². The van der Waals surface area contributed by atoms with E-state index in [1.54, 1.807) is 36.7 Å². The lowest BCUT2D eigenvalue weighted by Crippen LogP contribution is -2.56. The number of carbonyl (C=O) groups is 2. The second kappa shape index (κ2) is 8.50. The molecule has 1 fully saturated rings. The van der Waals surface area contributed by atoms with Crippen molar-refractivity contribution in [3.05, 3.63) is 12.4 Å². The number of carbonyl (C=O) groups excluding carboxylic acids is 2. The van der Waals surface area contributed by atoms with Gasteiger partial charge in [0.05, 0.1) is 17.3 Å². The summed E-state index contributed by atoms with van der Waals surface area (Å²) in [5, 5.41) is 7.23. The molecule has 0 bridgehead atoms. The Morgan fingerprint density at radius 1 is 1.44 bits per heavy atom. The second-order valence-corrected chi connectivity index (χ2v) is 6.49. The van der Waals surface area contributed by atoms with Gasteiger partial charge in [0.1, 0.15) is 6.54 Å². The molecule has 1 aromatic rings. The quantitative estimate of drug-likeness (QED) is 0.365. The Bertz CT molecular complexity index is 656. The first-order valence-electron chi connectivity index (χ1n) is 7.79. The average molecular weight is 463 g/mol. The van der Waals surface area contributed by atoms with Gasteiger partial charge in [-0.05, 0) is 13.8 Å². The van der Waals surface area contributed by atoms with Crippen LogP contribution in [0.5, 0.6) is 0 Å². The van der Waals surface area contributed by atoms with Gasteiger partial charge in [-0.2, -0.15) is 5.10 Å². The van der Waals surface area contributed by atoms with Crippen molar-refractivity contribution in [1.29, 1.82) is 0 Å². The number of nitrogens with two attached hydrogens (primary N) is 1. The number of hydrogen-bond acceptors (Lipinski definition) is 4. The van der Waals surface area contributed by atoms with Crippen LogP contribution in [0, 0.1) is 5.41 Å². The number of nitrogens with one attached hydrogen (secondary N) is 1. The highest BCUT2D eigenvalue weighted by molar-refractivity contribution is 14.0. The molecule has 0 saturated carbocycles. The molecule has 1 saturated heterocycles. The number of rotatable bonds is 4. The minimum Gasteiger partial charge on any atom is -0.369 e. The summed E-state index contributed by atoms with van der Waals surface area (Å²) < 4.78 is 1.67. The number of piperazine rings is 1. The molecule has 140 valence electrons. The van der Waals surface area contributed by atoms with Crippen molar-refractivity contribution in [1.82, 2.24) is 20.0 Å². The zero-order valence-electron chi connectivity index (χ0n) is 15.0. The van der Waals surface area contributed by atoms with Gasteiger partial charge in [0.15, 0.2) is 5.96 Å². The van der Waals surface area contributed by atoms with Gasteiger partial charge >= 0.3 is 0 Å². The van der Waals surface area contributed by atoms with E-state index in [0.717, 1.165) is 5.69 Å². The molecule has 0 aliphatic carbocycles. The van der Waals surface area contributed by atoms with E-state index in [-0.39, 0.29) is 42.3 Å². The van der Waals surface area contributed by atoms with Crippen LogP contribution in [0.15, 0.2) is 17.4 Å². The summed E-state index contributed by atoms with van der Waals surface area (Å²) in [6, 6.07) is 0. The summed E-state index contributed by atoms with van der Waals surface area (Å²) >= 11 is 0. The van der Waals surface area contributed by atoms with E-state index in [1.165, 1.54) is 0 Å². The maximum absolute atomic E-state index is 12.4.